The largest absolute Gasteiger partial charge is 0.493 e. The van der Waals surface area contributed by atoms with Crippen LogP contribution in [0.3, 0.4) is 0 Å². The van der Waals surface area contributed by atoms with Crippen LogP contribution >= 0.6 is 0 Å². The highest BCUT2D eigenvalue weighted by molar-refractivity contribution is 5.43. The second kappa shape index (κ2) is 9.55. The molecule has 1 heterocycles. The van der Waals surface area contributed by atoms with Crippen LogP contribution < -0.4 is 20.1 Å². The van der Waals surface area contributed by atoms with Crippen molar-refractivity contribution in [2.24, 2.45) is 0 Å². The summed E-state index contributed by atoms with van der Waals surface area (Å²) in [6.07, 6.45) is 2.42. The first-order chi connectivity index (χ1) is 13.7. The first kappa shape index (κ1) is 19.4. The van der Waals surface area contributed by atoms with Gasteiger partial charge in [0.05, 0.1) is 20.4 Å². The Morgan fingerprint density at radius 3 is 2.57 bits per heavy atom. The van der Waals surface area contributed by atoms with E-state index in [0.29, 0.717) is 24.9 Å². The van der Waals surface area contributed by atoms with Gasteiger partial charge in [-0.25, -0.2) is 0 Å². The Balaban J connectivity index is 1.53. The number of nitrogens with zero attached hydrogens (tertiary/aromatic N) is 3. The molecule has 3 aromatic rings. The number of aromatic nitrogens is 3. The summed E-state index contributed by atoms with van der Waals surface area (Å²) >= 11 is 0. The molecule has 7 heteroatoms. The van der Waals surface area contributed by atoms with Gasteiger partial charge in [-0.1, -0.05) is 35.9 Å². The van der Waals surface area contributed by atoms with Gasteiger partial charge in [0, 0.05) is 13.1 Å². The zero-order chi connectivity index (χ0) is 19.8. The molecule has 0 saturated carbocycles. The number of aryl methyl sites for hydroxylation is 1. The van der Waals surface area contributed by atoms with Crippen LogP contribution in [0.2, 0.25) is 0 Å². The molecule has 0 unspecified atom stereocenters. The van der Waals surface area contributed by atoms with Crippen LogP contribution in [0.4, 0.5) is 11.8 Å². The van der Waals surface area contributed by atoms with E-state index in [9.17, 15) is 0 Å². The Bertz CT molecular complexity index is 917. The molecule has 0 saturated heterocycles. The maximum Gasteiger partial charge on any atom is 0.244 e. The molecule has 0 aliphatic heterocycles. The van der Waals surface area contributed by atoms with E-state index in [1.54, 1.807) is 20.4 Å². The van der Waals surface area contributed by atoms with Crippen LogP contribution in [-0.2, 0) is 13.0 Å². The summed E-state index contributed by atoms with van der Waals surface area (Å²) < 4.78 is 10.6. The van der Waals surface area contributed by atoms with Gasteiger partial charge < -0.3 is 20.1 Å². The molecule has 3 rings (SSSR count). The predicted molar refractivity (Wildman–Crippen MR) is 110 cm³/mol. The molecule has 0 radical (unpaired) electrons. The molecule has 0 bridgehead atoms. The molecular formula is C21H25N5O2. The molecule has 0 amide bonds. The van der Waals surface area contributed by atoms with Crippen LogP contribution in [0.5, 0.6) is 11.5 Å². The van der Waals surface area contributed by atoms with Crippen LogP contribution in [0.1, 0.15) is 16.7 Å². The Morgan fingerprint density at radius 2 is 1.79 bits per heavy atom. The van der Waals surface area contributed by atoms with E-state index in [2.05, 4.69) is 50.9 Å². The zero-order valence-electron chi connectivity index (χ0n) is 16.4. The average molecular weight is 379 g/mol. The van der Waals surface area contributed by atoms with Crippen molar-refractivity contribution in [2.45, 2.75) is 19.9 Å². The minimum atomic E-state index is 0.495. The Hall–Kier alpha value is -3.35. The van der Waals surface area contributed by atoms with Crippen molar-refractivity contribution in [3.05, 3.63) is 65.4 Å². The van der Waals surface area contributed by atoms with Crippen molar-refractivity contribution in [1.82, 2.24) is 15.2 Å². The van der Waals surface area contributed by atoms with E-state index in [-0.39, 0.29) is 0 Å². The second-order valence-electron chi connectivity index (χ2n) is 6.37. The summed E-state index contributed by atoms with van der Waals surface area (Å²) in [7, 11) is 3.26. The van der Waals surface area contributed by atoms with Gasteiger partial charge in [0.2, 0.25) is 5.95 Å². The van der Waals surface area contributed by atoms with E-state index < -0.39 is 0 Å². The minimum Gasteiger partial charge on any atom is -0.493 e. The van der Waals surface area contributed by atoms with E-state index >= 15 is 0 Å². The molecule has 0 aliphatic carbocycles. The number of ether oxygens (including phenoxy) is 2. The third kappa shape index (κ3) is 5.33. The number of nitrogens with one attached hydrogen (secondary N) is 2. The molecular weight excluding hydrogens is 354 g/mol. The smallest absolute Gasteiger partial charge is 0.244 e. The van der Waals surface area contributed by atoms with E-state index in [1.165, 1.54) is 11.1 Å². The highest BCUT2D eigenvalue weighted by atomic mass is 16.5. The lowest BCUT2D eigenvalue weighted by atomic mass is 10.1. The number of rotatable bonds is 9. The summed E-state index contributed by atoms with van der Waals surface area (Å²) in [5, 5.41) is 14.6. The predicted octanol–water partition coefficient (Wildman–Crippen LogP) is 3.46. The second-order valence-corrected chi connectivity index (χ2v) is 6.37. The number of benzene rings is 2. The van der Waals surface area contributed by atoms with Crippen molar-refractivity contribution in [3.63, 3.8) is 0 Å². The zero-order valence-corrected chi connectivity index (χ0v) is 16.4. The first-order valence-electron chi connectivity index (χ1n) is 9.12. The monoisotopic (exact) mass is 379 g/mol. The lowest BCUT2D eigenvalue weighted by molar-refractivity contribution is 0.354. The topological polar surface area (TPSA) is 81.2 Å². The van der Waals surface area contributed by atoms with Crippen molar-refractivity contribution in [3.8, 4) is 11.5 Å². The maximum absolute atomic E-state index is 5.34. The molecule has 2 N–H and O–H groups in total. The average Bonchev–Trinajstić information content (AvgIpc) is 2.72. The van der Waals surface area contributed by atoms with Gasteiger partial charge in [0.1, 0.15) is 0 Å². The summed E-state index contributed by atoms with van der Waals surface area (Å²) in [5.41, 5.74) is 3.56. The molecule has 28 heavy (non-hydrogen) atoms. The number of methoxy groups -OCH3 is 2. The summed E-state index contributed by atoms with van der Waals surface area (Å²) in [5.74, 6) is 2.62. The van der Waals surface area contributed by atoms with Gasteiger partial charge >= 0.3 is 0 Å². The van der Waals surface area contributed by atoms with Crippen molar-refractivity contribution >= 4 is 11.8 Å². The molecule has 0 fully saturated rings. The Kier molecular flexibility index (Phi) is 6.62. The molecule has 2 aromatic carbocycles. The fourth-order valence-electron chi connectivity index (χ4n) is 2.83. The van der Waals surface area contributed by atoms with Crippen molar-refractivity contribution in [1.29, 1.82) is 0 Å². The third-order valence-electron chi connectivity index (χ3n) is 4.26. The summed E-state index contributed by atoms with van der Waals surface area (Å²) in [6.45, 7) is 3.44. The molecule has 7 nitrogen and oxygen atoms in total. The van der Waals surface area contributed by atoms with E-state index in [1.807, 2.05) is 24.3 Å². The fourth-order valence-corrected chi connectivity index (χ4v) is 2.83. The van der Waals surface area contributed by atoms with Crippen molar-refractivity contribution in [2.75, 3.05) is 31.4 Å². The normalized spacial score (nSPS) is 10.4. The van der Waals surface area contributed by atoms with E-state index in [4.69, 9.17) is 9.47 Å². The number of anilines is 2. The Morgan fingerprint density at radius 1 is 0.929 bits per heavy atom. The van der Waals surface area contributed by atoms with Gasteiger partial charge in [-0.3, -0.25) is 0 Å². The Labute approximate surface area is 165 Å². The summed E-state index contributed by atoms with van der Waals surface area (Å²) in [6, 6.07) is 14.2. The van der Waals surface area contributed by atoms with Crippen LogP contribution in [-0.4, -0.2) is 35.9 Å². The lowest BCUT2D eigenvalue weighted by Gasteiger charge is -2.10. The molecule has 0 aliphatic rings. The molecule has 146 valence electrons. The highest BCUT2D eigenvalue weighted by Gasteiger charge is 2.05. The quantitative estimate of drug-likeness (QED) is 0.589. The third-order valence-corrected chi connectivity index (χ3v) is 4.26. The fraction of sp³-hybridized carbons (Fsp3) is 0.286. The standard InChI is InChI=1S/C21H25N5O2/c1-15-5-4-6-17(11-15)13-23-20-14-24-26-21(25-20)22-10-9-16-7-8-18(27-2)19(12-16)28-3/h4-8,11-12,14H,9-10,13H2,1-3H3,(H2,22,23,25,26). The minimum absolute atomic E-state index is 0.495. The molecule has 1 aromatic heterocycles. The number of hydrogen-bond donors (Lipinski definition) is 2. The van der Waals surface area contributed by atoms with Gasteiger partial charge in [-0.05, 0) is 36.6 Å². The van der Waals surface area contributed by atoms with E-state index in [0.717, 1.165) is 23.5 Å². The highest BCUT2D eigenvalue weighted by Crippen LogP contribution is 2.27. The molecule has 0 spiro atoms. The van der Waals surface area contributed by atoms with Crippen LogP contribution in [0.15, 0.2) is 48.7 Å². The SMILES string of the molecule is COc1ccc(CCNc2nncc(NCc3cccc(C)c3)n2)cc1OC. The van der Waals surface area contributed by atoms with Gasteiger partial charge in [0.25, 0.3) is 0 Å². The van der Waals surface area contributed by atoms with Gasteiger partial charge in [0.15, 0.2) is 17.3 Å². The summed E-state index contributed by atoms with van der Waals surface area (Å²) in [4.78, 5) is 4.46. The number of hydrogen-bond acceptors (Lipinski definition) is 7. The van der Waals surface area contributed by atoms with Gasteiger partial charge in [-0.15, -0.1) is 5.10 Å². The van der Waals surface area contributed by atoms with Gasteiger partial charge in [-0.2, -0.15) is 10.1 Å². The first-order valence-corrected chi connectivity index (χ1v) is 9.12. The molecule has 0 atom stereocenters. The lowest BCUT2D eigenvalue weighted by Crippen LogP contribution is -2.10. The van der Waals surface area contributed by atoms with Crippen molar-refractivity contribution < 1.29 is 9.47 Å². The van der Waals surface area contributed by atoms with Crippen LogP contribution in [0.25, 0.3) is 0 Å². The van der Waals surface area contributed by atoms with Crippen LogP contribution in [0, 0.1) is 6.92 Å². The maximum atomic E-state index is 5.34.